The molecule has 7 heterocycles. The monoisotopic (exact) mass is 1550 g/mol. The lowest BCUT2D eigenvalue weighted by molar-refractivity contribution is -0.144. The number of piperazine rings is 3. The third-order valence-electron chi connectivity index (χ3n) is 13.9. The number of aliphatic carboxylic acids is 1. The summed E-state index contributed by atoms with van der Waals surface area (Å²) >= 11 is 33.4. The maximum absolute atomic E-state index is 13.2. The van der Waals surface area contributed by atoms with E-state index in [0.717, 1.165) is 85.8 Å². The number of hydrogen-bond acceptors (Lipinski definition) is 19. The molecule has 3 saturated heterocycles. The fourth-order valence-corrected chi connectivity index (χ4v) is 11.5. The second kappa shape index (κ2) is 36.2. The number of likely N-dealkylation sites (N-methyl/N-ethyl adjacent to an activating group) is 1. The predicted molar refractivity (Wildman–Crippen MR) is 370 cm³/mol. The van der Waals surface area contributed by atoms with Gasteiger partial charge in [0.05, 0.1) is 17.9 Å². The van der Waals surface area contributed by atoms with Crippen LogP contribution in [0.25, 0.3) is 22.1 Å². The molecule has 3 fully saturated rings. The number of halogens is 7. The number of H-pyrrole nitrogens is 2. The van der Waals surface area contributed by atoms with Gasteiger partial charge in [0, 0.05) is 107 Å². The van der Waals surface area contributed by atoms with Gasteiger partial charge in [-0.2, -0.15) is 10.2 Å². The van der Waals surface area contributed by atoms with Gasteiger partial charge in [0.2, 0.25) is 5.91 Å². The van der Waals surface area contributed by atoms with Crippen LogP contribution >= 0.6 is 94.2 Å². The third kappa shape index (κ3) is 23.7. The van der Waals surface area contributed by atoms with Gasteiger partial charge < -0.3 is 49.6 Å². The molecule has 3 atom stereocenters. The number of fused-ring (bicyclic) bond motifs is 2. The summed E-state index contributed by atoms with van der Waals surface area (Å²) in [5, 5.41) is 33.4. The number of ether oxygens (including phenoxy) is 3. The molecular weight excluding hydrogens is 1480 g/mol. The number of nitrogens with one attached hydrogen (secondary N) is 4. The lowest BCUT2D eigenvalue weighted by atomic mass is 10.0. The first-order valence-electron chi connectivity index (χ1n) is 29.4. The molecule has 10 rings (SSSR count). The second-order valence-electron chi connectivity index (χ2n) is 23.4. The number of anilines is 1. The van der Waals surface area contributed by atoms with Gasteiger partial charge in [-0.15, -0.1) is 0 Å². The van der Waals surface area contributed by atoms with Crippen LogP contribution in [-0.2, 0) is 28.6 Å². The SMILES string of the molecule is CC(C)(C)OC(=O)N1CCN(C(C(=O)O)c2ccc(Cl)cc2)CC1.CC(C)(C)OC(=O)N1CCNCC1.CN(C)CCNC(=O)C(c1ccc(Cl)cc1)N1CCN(c2ncnc3n[nH]c(Br)c23)CC1.COC(=O)C(Br)c1ccc(Cl)cc1.Clc1ncnc2n[nH]c(Br)c12. The maximum Gasteiger partial charge on any atom is 0.410 e. The highest BCUT2D eigenvalue weighted by molar-refractivity contribution is 9.11. The van der Waals surface area contributed by atoms with Crippen LogP contribution in [0.5, 0.6) is 0 Å². The van der Waals surface area contributed by atoms with Crippen LogP contribution in [0.3, 0.4) is 0 Å². The Balaban J connectivity index is 0.000000197. The molecule has 3 aliphatic rings. The number of aromatic nitrogens is 8. The van der Waals surface area contributed by atoms with Gasteiger partial charge in [-0.25, -0.2) is 29.5 Å². The number of carbonyl (C=O) groups excluding carboxylic acids is 4. The summed E-state index contributed by atoms with van der Waals surface area (Å²) in [5.41, 5.74) is 2.71. The molecule has 0 spiro atoms. The molecule has 3 aliphatic heterocycles. The molecule has 3 amide bonds. The highest BCUT2D eigenvalue weighted by atomic mass is 79.9. The molecule has 3 aromatic carbocycles. The van der Waals surface area contributed by atoms with Crippen molar-refractivity contribution in [3.63, 3.8) is 0 Å². The molecule has 93 heavy (non-hydrogen) atoms. The smallest absolute Gasteiger partial charge is 0.410 e. The van der Waals surface area contributed by atoms with Crippen LogP contribution in [-0.4, -0.2) is 224 Å². The Hall–Kier alpha value is -6.05. The Morgan fingerprint density at radius 1 is 0.613 bits per heavy atom. The van der Waals surface area contributed by atoms with Crippen molar-refractivity contribution in [1.82, 2.24) is 75.5 Å². The Morgan fingerprint density at radius 3 is 1.51 bits per heavy atom. The van der Waals surface area contributed by atoms with E-state index in [1.54, 1.807) is 58.3 Å². The number of aromatic amines is 2. The van der Waals surface area contributed by atoms with Crippen molar-refractivity contribution in [2.45, 2.75) is 69.7 Å². The minimum Gasteiger partial charge on any atom is -0.480 e. The number of carboxylic acid groups (broad SMARTS) is 1. The van der Waals surface area contributed by atoms with Crippen molar-refractivity contribution in [3.8, 4) is 0 Å². The summed E-state index contributed by atoms with van der Waals surface area (Å²) in [5.74, 6) is -0.385. The first-order valence-corrected chi connectivity index (χ1v) is 33.4. The van der Waals surface area contributed by atoms with Crippen molar-refractivity contribution < 1.29 is 43.3 Å². The normalized spacial score (nSPS) is 15.6. The number of esters is 1. The van der Waals surface area contributed by atoms with Gasteiger partial charge in [-0.05, 0) is 141 Å². The number of alkyl halides is 1. The van der Waals surface area contributed by atoms with Crippen LogP contribution in [0, 0.1) is 0 Å². The maximum atomic E-state index is 13.2. The van der Waals surface area contributed by atoms with E-state index in [4.69, 9.17) is 55.9 Å². The van der Waals surface area contributed by atoms with E-state index in [1.807, 2.05) is 89.7 Å². The first-order chi connectivity index (χ1) is 44.0. The summed E-state index contributed by atoms with van der Waals surface area (Å²) in [6.45, 7) is 20.4. The number of hydrogen-bond donors (Lipinski definition) is 5. The molecule has 0 saturated carbocycles. The van der Waals surface area contributed by atoms with Crippen LogP contribution in [0.2, 0.25) is 20.2 Å². The largest absolute Gasteiger partial charge is 0.480 e. The molecule has 0 radical (unpaired) electrons. The highest BCUT2D eigenvalue weighted by Gasteiger charge is 2.34. The molecule has 5 N–H and O–H groups in total. The lowest BCUT2D eigenvalue weighted by Crippen LogP contribution is -2.51. The fourth-order valence-electron chi connectivity index (χ4n) is 9.39. The van der Waals surface area contributed by atoms with E-state index in [-0.39, 0.29) is 35.7 Å². The number of carbonyl (C=O) groups is 5. The number of nitrogens with zero attached hydrogens (tertiary/aromatic N) is 12. The third-order valence-corrected chi connectivity index (χ3v) is 17.0. The average molecular weight is 1560 g/mol. The minimum atomic E-state index is -0.914. The van der Waals surface area contributed by atoms with Crippen molar-refractivity contribution in [1.29, 1.82) is 0 Å². The van der Waals surface area contributed by atoms with E-state index < -0.39 is 22.4 Å². The van der Waals surface area contributed by atoms with E-state index in [2.05, 4.69) is 113 Å². The topological polar surface area (TPSA) is 286 Å². The first kappa shape index (κ1) is 76.0. The average Bonchev–Trinajstić information content (AvgIpc) is 1.75. The molecule has 4 aromatic heterocycles. The molecular formula is C61H77Br3Cl4N16O9. The quantitative estimate of drug-likeness (QED) is 0.0329. The summed E-state index contributed by atoms with van der Waals surface area (Å²) < 4.78 is 16.6. The number of carboxylic acids is 1. The van der Waals surface area contributed by atoms with E-state index in [0.29, 0.717) is 79.8 Å². The molecule has 3 unspecified atom stereocenters. The molecule has 25 nitrogen and oxygen atoms in total. The Labute approximate surface area is 585 Å². The Morgan fingerprint density at radius 2 is 1.04 bits per heavy atom. The number of benzene rings is 3. The number of methoxy groups -OCH3 is 1. The Bertz CT molecular complexity index is 3550. The van der Waals surface area contributed by atoms with E-state index in [9.17, 15) is 29.1 Å². The molecule has 7 aromatic rings. The van der Waals surface area contributed by atoms with Crippen LogP contribution in [0.15, 0.2) is 94.7 Å². The molecule has 32 heteroatoms. The zero-order valence-electron chi connectivity index (χ0n) is 52.9. The standard InChI is InChI=1S/C21H26BrClN8O.C17H23ClN2O4.C9H8BrClO2.C9H18N2O2.C5H2BrClN4/c1-29(2)8-7-24-21(32)17(14-3-5-15(23)6-4-14)30-9-11-31(12-10-30)20-16-18(22)27-28-19(16)25-13-26-20;1-17(2,3)24-16(23)20-10-8-19(9-11-20)14(15(21)22)12-4-6-13(18)7-5-12;1-13-9(12)8(10)6-2-4-7(11)5-3-6;1-9(2,3)13-8(12)11-6-4-10-5-7-11;6-3-2-4(7)8-1-9-5(2)11-10-3/h3-6,13,17H,7-12H2,1-2H3,(H,24,32)(H,25,26,27,28);4-7,14H,8-11H2,1-3H3,(H,21,22);2-5,8H,1H3;10H,4-7H2,1-3H3;1H,(H,8,9,10,11). The van der Waals surface area contributed by atoms with Gasteiger partial charge in [0.25, 0.3) is 0 Å². The Kier molecular flexibility index (Phi) is 29.5. The van der Waals surface area contributed by atoms with Crippen LogP contribution in [0.4, 0.5) is 15.4 Å². The van der Waals surface area contributed by atoms with Gasteiger partial charge >= 0.3 is 24.1 Å². The van der Waals surface area contributed by atoms with Crippen molar-refractivity contribution in [3.05, 3.63) is 132 Å². The predicted octanol–water partition coefficient (Wildman–Crippen LogP) is 10.9. The molecule has 0 bridgehead atoms. The van der Waals surface area contributed by atoms with Gasteiger partial charge in [0.1, 0.15) is 60.9 Å². The molecule has 0 aliphatic carbocycles. The molecule has 504 valence electrons. The van der Waals surface area contributed by atoms with Gasteiger partial charge in [-0.3, -0.25) is 34.4 Å². The van der Waals surface area contributed by atoms with Crippen LogP contribution in [0.1, 0.15) is 75.1 Å². The summed E-state index contributed by atoms with van der Waals surface area (Å²) in [4.78, 5) is 87.3. The highest BCUT2D eigenvalue weighted by Crippen LogP contribution is 2.32. The van der Waals surface area contributed by atoms with Gasteiger partial charge in [0.15, 0.2) is 11.3 Å². The minimum absolute atomic E-state index is 0.00429. The van der Waals surface area contributed by atoms with Crippen molar-refractivity contribution >= 4 is 152 Å². The van der Waals surface area contributed by atoms with Crippen molar-refractivity contribution in [2.75, 3.05) is 118 Å². The number of rotatable bonds is 12. The van der Waals surface area contributed by atoms with E-state index in [1.165, 1.54) is 19.8 Å². The van der Waals surface area contributed by atoms with Gasteiger partial charge in [-0.1, -0.05) is 98.7 Å². The fraction of sp³-hybridized carbons (Fsp3) is 0.459. The van der Waals surface area contributed by atoms with Crippen molar-refractivity contribution in [2.24, 2.45) is 0 Å². The zero-order chi connectivity index (χ0) is 68.2. The zero-order valence-corrected chi connectivity index (χ0v) is 60.7. The van der Waals surface area contributed by atoms with Crippen LogP contribution < -0.4 is 15.5 Å². The van der Waals surface area contributed by atoms with E-state index >= 15 is 0 Å². The second-order valence-corrected chi connectivity index (χ2v) is 27.5. The summed E-state index contributed by atoms with van der Waals surface area (Å²) in [6.07, 6.45) is 2.35. The lowest BCUT2D eigenvalue weighted by Gasteiger charge is -2.39. The summed E-state index contributed by atoms with van der Waals surface area (Å²) in [6, 6.07) is 20.2. The number of amides is 3. The summed E-state index contributed by atoms with van der Waals surface area (Å²) in [7, 11) is 5.33.